The standard InChI is InChI=1S/C36H30N2O8S3/c1-36(2)29(47)26(35-48-27(33(42)45-4)28(49-35)34(43)46-5)23-18-20(44-3)15-16-24(23)38(36)32(41)25(17-19-11-7-6-8-12-19)37-30(39)21-13-9-10-14-22(21)31(37)40/h6-16,18,25H,17H2,1-5H3. The lowest BCUT2D eigenvalue weighted by Crippen LogP contribution is -2.62. The van der Waals surface area contributed by atoms with Crippen molar-refractivity contribution in [3.05, 3.63) is 109 Å². The van der Waals surface area contributed by atoms with Gasteiger partial charge >= 0.3 is 11.9 Å². The van der Waals surface area contributed by atoms with Crippen LogP contribution in [0.5, 0.6) is 5.75 Å². The van der Waals surface area contributed by atoms with Gasteiger partial charge in [0, 0.05) is 17.6 Å². The quantitative estimate of drug-likeness (QED) is 0.128. The van der Waals surface area contributed by atoms with Crippen LogP contribution in [0, 0.1) is 0 Å². The van der Waals surface area contributed by atoms with E-state index in [1.807, 2.05) is 30.3 Å². The lowest BCUT2D eigenvalue weighted by molar-refractivity contribution is -0.138. The molecule has 3 aromatic rings. The predicted octanol–water partition coefficient (Wildman–Crippen LogP) is 5.80. The summed E-state index contributed by atoms with van der Waals surface area (Å²) in [6, 6.07) is 19.6. The van der Waals surface area contributed by atoms with Gasteiger partial charge in [-0.1, -0.05) is 78.2 Å². The Morgan fingerprint density at radius 1 is 0.796 bits per heavy atom. The van der Waals surface area contributed by atoms with Gasteiger partial charge in [0.2, 0.25) is 0 Å². The highest BCUT2D eigenvalue weighted by molar-refractivity contribution is 8.29. The van der Waals surface area contributed by atoms with Gasteiger partial charge in [-0.3, -0.25) is 24.2 Å². The summed E-state index contributed by atoms with van der Waals surface area (Å²) in [6.45, 7) is 3.56. The SMILES string of the molecule is COC(=O)C1=C(C(=O)OC)SC(=C2C(=S)C(C)(C)N(C(=O)C(Cc3ccccc3)N3C(=O)c4ccccc4C3=O)c3ccc(OC)cc32)S1. The summed E-state index contributed by atoms with van der Waals surface area (Å²) in [7, 11) is 3.95. The number of methoxy groups -OCH3 is 3. The van der Waals surface area contributed by atoms with Crippen molar-refractivity contribution < 1.29 is 38.2 Å². The van der Waals surface area contributed by atoms with E-state index in [1.165, 1.54) is 26.2 Å². The molecule has 13 heteroatoms. The summed E-state index contributed by atoms with van der Waals surface area (Å²) in [5.74, 6) is -2.57. The molecule has 3 amide bonds. The van der Waals surface area contributed by atoms with Crippen LogP contribution in [0.4, 0.5) is 5.69 Å². The zero-order valence-electron chi connectivity index (χ0n) is 27.1. The van der Waals surface area contributed by atoms with Crippen LogP contribution in [-0.2, 0) is 30.3 Å². The molecular weight excluding hydrogens is 685 g/mol. The van der Waals surface area contributed by atoms with Crippen molar-refractivity contribution in [1.82, 2.24) is 4.90 Å². The van der Waals surface area contributed by atoms with Crippen molar-refractivity contribution >= 4 is 81.5 Å². The van der Waals surface area contributed by atoms with Gasteiger partial charge in [-0.25, -0.2) is 9.59 Å². The molecule has 0 saturated heterocycles. The number of rotatable bonds is 7. The summed E-state index contributed by atoms with van der Waals surface area (Å²) in [5, 5.41) is 0. The number of nitrogens with zero attached hydrogens (tertiary/aromatic N) is 2. The largest absolute Gasteiger partial charge is 0.497 e. The lowest BCUT2D eigenvalue weighted by Gasteiger charge is -2.47. The van der Waals surface area contributed by atoms with Gasteiger partial charge in [0.25, 0.3) is 17.7 Å². The average molecular weight is 715 g/mol. The lowest BCUT2D eigenvalue weighted by atomic mass is 9.82. The van der Waals surface area contributed by atoms with Crippen molar-refractivity contribution in [2.45, 2.75) is 31.8 Å². The van der Waals surface area contributed by atoms with Gasteiger partial charge in [0.1, 0.15) is 21.6 Å². The summed E-state index contributed by atoms with van der Waals surface area (Å²) in [4.78, 5) is 71.3. The third-order valence-corrected chi connectivity index (χ3v) is 11.8. The van der Waals surface area contributed by atoms with Crippen LogP contribution in [0.2, 0.25) is 0 Å². The Hall–Kier alpha value is -4.72. The number of esters is 2. The van der Waals surface area contributed by atoms with Crippen LogP contribution in [0.1, 0.15) is 45.7 Å². The summed E-state index contributed by atoms with van der Waals surface area (Å²) >= 11 is 8.22. The third-order valence-electron chi connectivity index (χ3n) is 8.51. The van der Waals surface area contributed by atoms with Crippen LogP contribution < -0.4 is 9.64 Å². The Bertz CT molecular complexity index is 1960. The number of thioether (sulfide) groups is 2. The van der Waals surface area contributed by atoms with Gasteiger partial charge in [0.05, 0.1) is 52.8 Å². The molecule has 3 aromatic carbocycles. The number of carbonyl (C=O) groups is 5. The number of amides is 3. The molecule has 0 saturated carbocycles. The van der Waals surface area contributed by atoms with E-state index >= 15 is 4.79 Å². The van der Waals surface area contributed by atoms with Crippen molar-refractivity contribution in [3.8, 4) is 5.75 Å². The Kier molecular flexibility index (Phi) is 9.27. The Balaban J connectivity index is 1.51. The molecule has 0 aliphatic carbocycles. The van der Waals surface area contributed by atoms with E-state index in [-0.39, 0.29) is 27.4 Å². The smallest absolute Gasteiger partial charge is 0.346 e. The van der Waals surface area contributed by atoms with Crippen LogP contribution in [0.15, 0.2) is 86.8 Å². The predicted molar refractivity (Wildman–Crippen MR) is 191 cm³/mol. The highest BCUT2D eigenvalue weighted by Gasteiger charge is 2.51. The van der Waals surface area contributed by atoms with Crippen molar-refractivity contribution in [3.63, 3.8) is 0 Å². The highest BCUT2D eigenvalue weighted by atomic mass is 32.2. The van der Waals surface area contributed by atoms with E-state index in [9.17, 15) is 19.2 Å². The van der Waals surface area contributed by atoms with Gasteiger partial charge in [-0.15, -0.1) is 0 Å². The molecule has 49 heavy (non-hydrogen) atoms. The first-order valence-electron chi connectivity index (χ1n) is 15.0. The van der Waals surface area contributed by atoms with Crippen molar-refractivity contribution in [1.29, 1.82) is 0 Å². The van der Waals surface area contributed by atoms with E-state index < -0.39 is 41.2 Å². The van der Waals surface area contributed by atoms with Crippen LogP contribution in [0.3, 0.4) is 0 Å². The first-order valence-corrected chi connectivity index (χ1v) is 17.1. The highest BCUT2D eigenvalue weighted by Crippen LogP contribution is 2.56. The molecule has 0 aromatic heterocycles. The molecule has 0 fully saturated rings. The molecule has 1 unspecified atom stereocenters. The summed E-state index contributed by atoms with van der Waals surface area (Å²) in [5.41, 5.74) is 1.47. The number of benzene rings is 3. The topological polar surface area (TPSA) is 120 Å². The Morgan fingerprint density at radius 2 is 1.35 bits per heavy atom. The van der Waals surface area contributed by atoms with E-state index in [1.54, 1.807) is 56.3 Å². The second-order valence-corrected chi connectivity index (χ2v) is 14.4. The number of hydrogen-bond acceptors (Lipinski definition) is 11. The van der Waals surface area contributed by atoms with E-state index in [0.717, 1.165) is 34.0 Å². The second-order valence-electron chi connectivity index (χ2n) is 11.7. The molecule has 0 radical (unpaired) electrons. The number of imide groups is 1. The van der Waals surface area contributed by atoms with Crippen LogP contribution >= 0.6 is 35.7 Å². The minimum Gasteiger partial charge on any atom is -0.497 e. The van der Waals surface area contributed by atoms with E-state index in [0.29, 0.717) is 31.7 Å². The molecule has 1 atom stereocenters. The first kappa shape index (κ1) is 34.2. The number of anilines is 1. The number of fused-ring (bicyclic) bond motifs is 2. The van der Waals surface area contributed by atoms with Crippen molar-refractivity contribution in [2.75, 3.05) is 26.2 Å². The summed E-state index contributed by atoms with van der Waals surface area (Å²) in [6.07, 6.45) is 0.0600. The molecule has 6 rings (SSSR count). The average Bonchev–Trinajstić information content (AvgIpc) is 3.66. The zero-order valence-corrected chi connectivity index (χ0v) is 29.5. The minimum atomic E-state index is -1.23. The van der Waals surface area contributed by atoms with E-state index in [4.69, 9.17) is 26.4 Å². The number of carbonyl (C=O) groups excluding carboxylic acids is 5. The molecule has 3 aliphatic heterocycles. The van der Waals surface area contributed by atoms with Gasteiger partial charge in [-0.05, 0) is 49.7 Å². The van der Waals surface area contributed by atoms with Gasteiger partial charge in [-0.2, -0.15) is 0 Å². The Labute approximate surface area is 296 Å². The molecule has 3 aliphatic rings. The maximum absolute atomic E-state index is 15.1. The number of ether oxygens (including phenoxy) is 3. The maximum atomic E-state index is 15.1. The second kappa shape index (κ2) is 13.3. The summed E-state index contributed by atoms with van der Waals surface area (Å²) < 4.78 is 16.0. The zero-order chi connectivity index (χ0) is 35.2. The monoisotopic (exact) mass is 714 g/mol. The minimum absolute atomic E-state index is 0.0546. The third kappa shape index (κ3) is 5.75. The number of thiocarbonyl (C=S) groups is 1. The fourth-order valence-electron chi connectivity index (χ4n) is 6.09. The fourth-order valence-corrected chi connectivity index (χ4v) is 9.12. The first-order chi connectivity index (χ1) is 23.4. The molecular formula is C36H30N2O8S3. The van der Waals surface area contributed by atoms with Gasteiger partial charge < -0.3 is 14.2 Å². The number of hydrogen-bond donors (Lipinski definition) is 0. The van der Waals surface area contributed by atoms with Crippen LogP contribution in [0.25, 0.3) is 5.57 Å². The molecule has 0 N–H and O–H groups in total. The Morgan fingerprint density at radius 3 is 1.88 bits per heavy atom. The van der Waals surface area contributed by atoms with Gasteiger partial charge in [0.15, 0.2) is 0 Å². The fraction of sp³-hybridized carbons (Fsp3) is 0.222. The van der Waals surface area contributed by atoms with E-state index in [2.05, 4.69) is 0 Å². The normalized spacial score (nSPS) is 17.2. The maximum Gasteiger partial charge on any atom is 0.346 e. The molecule has 250 valence electrons. The molecule has 10 nitrogen and oxygen atoms in total. The van der Waals surface area contributed by atoms with Crippen molar-refractivity contribution in [2.24, 2.45) is 0 Å². The van der Waals surface area contributed by atoms with Crippen LogP contribution in [-0.4, -0.2) is 72.3 Å². The molecule has 0 spiro atoms. The molecule has 3 heterocycles. The molecule has 0 bridgehead atoms.